The molecule has 0 rings (SSSR count). The molecule has 24 heteroatoms. The van der Waals surface area contributed by atoms with Crippen molar-refractivity contribution in [3.8, 4) is 0 Å². The van der Waals surface area contributed by atoms with E-state index in [9.17, 15) is 88.0 Å². The van der Waals surface area contributed by atoms with Gasteiger partial charge in [0.15, 0.2) is 0 Å². The molecular formula is C10H4F19O4P. The van der Waals surface area contributed by atoms with Crippen LogP contribution in [0.3, 0.4) is 0 Å². The second kappa shape index (κ2) is 8.15. The number of rotatable bonds is 10. The molecule has 2 N–H and O–H groups in total. The lowest BCUT2D eigenvalue weighted by Gasteiger charge is -2.43. The van der Waals surface area contributed by atoms with Crippen molar-refractivity contribution in [1.82, 2.24) is 0 Å². The molecule has 0 fully saturated rings. The average Bonchev–Trinajstić information content (AvgIpc) is 2.57. The van der Waals surface area contributed by atoms with Crippen molar-refractivity contribution < 1.29 is 102 Å². The maximum absolute atomic E-state index is 13.3. The van der Waals surface area contributed by atoms with Gasteiger partial charge in [0.25, 0.3) is 0 Å². The monoisotopic (exact) mass is 580 g/mol. The lowest BCUT2D eigenvalue weighted by atomic mass is 9.87. The SMILES string of the molecule is O=P(O)(O)OCC(F)(F)C(F)(F)C(F)(F)C(F)(F)C(F)(F)C(F)(F)C(F)(F)C(F)(F)C(F)(F)F. The summed E-state index contributed by atoms with van der Waals surface area (Å²) in [6.45, 7) is -3.75. The predicted molar refractivity (Wildman–Crippen MR) is 63.6 cm³/mol. The van der Waals surface area contributed by atoms with Crippen LogP contribution < -0.4 is 0 Å². The first-order valence-electron chi connectivity index (χ1n) is 7.00. The van der Waals surface area contributed by atoms with Crippen molar-refractivity contribution in [2.24, 2.45) is 0 Å². The third kappa shape index (κ3) is 4.51. The molecule has 0 spiro atoms. The zero-order valence-electron chi connectivity index (χ0n) is 14.5. The highest BCUT2D eigenvalue weighted by Gasteiger charge is 2.96. The van der Waals surface area contributed by atoms with E-state index in [4.69, 9.17) is 9.79 Å². The molecule has 0 unspecified atom stereocenters. The Balaban J connectivity index is 6.80. The highest BCUT2D eigenvalue weighted by Crippen LogP contribution is 2.65. The Kier molecular flexibility index (Phi) is 7.86. The van der Waals surface area contributed by atoms with Gasteiger partial charge in [-0.05, 0) is 0 Å². The second-order valence-electron chi connectivity index (χ2n) is 5.99. The normalized spacial score (nSPS) is 16.7. The summed E-state index contributed by atoms with van der Waals surface area (Å²) in [4.78, 5) is 16.0. The third-order valence-electron chi connectivity index (χ3n) is 3.60. The summed E-state index contributed by atoms with van der Waals surface area (Å²) < 4.78 is 258. The number of hydrogen-bond donors (Lipinski definition) is 2. The molecule has 0 saturated heterocycles. The smallest absolute Gasteiger partial charge is 0.303 e. The summed E-state index contributed by atoms with van der Waals surface area (Å²) in [5.41, 5.74) is 0. The van der Waals surface area contributed by atoms with Crippen molar-refractivity contribution in [3.05, 3.63) is 0 Å². The molecule has 0 aromatic carbocycles. The van der Waals surface area contributed by atoms with Crippen LogP contribution >= 0.6 is 7.82 Å². The number of hydrogen-bond acceptors (Lipinski definition) is 2. The van der Waals surface area contributed by atoms with Crippen molar-refractivity contribution in [1.29, 1.82) is 0 Å². The van der Waals surface area contributed by atoms with Crippen LogP contribution in [-0.2, 0) is 9.09 Å². The molecule has 0 saturated carbocycles. The van der Waals surface area contributed by atoms with Gasteiger partial charge < -0.3 is 9.79 Å². The van der Waals surface area contributed by atoms with Crippen LogP contribution in [0.2, 0.25) is 0 Å². The molecule has 0 atom stereocenters. The van der Waals surface area contributed by atoms with E-state index in [2.05, 4.69) is 4.52 Å². The molecule has 4 nitrogen and oxygen atoms in total. The van der Waals surface area contributed by atoms with Gasteiger partial charge in [-0.3, -0.25) is 4.52 Å². The summed E-state index contributed by atoms with van der Waals surface area (Å²) in [6.07, 6.45) is -7.97. The fourth-order valence-corrected chi connectivity index (χ4v) is 1.98. The number of phosphoric ester groups is 1. The van der Waals surface area contributed by atoms with Gasteiger partial charge in [-0.25, -0.2) is 4.57 Å². The van der Waals surface area contributed by atoms with Gasteiger partial charge in [-0.15, -0.1) is 0 Å². The molecule has 0 aliphatic heterocycles. The fraction of sp³-hybridized carbons (Fsp3) is 1.00. The molecule has 0 radical (unpaired) electrons. The van der Waals surface area contributed by atoms with Gasteiger partial charge in [0.05, 0.1) is 0 Å². The fourth-order valence-electron chi connectivity index (χ4n) is 1.65. The molecule has 34 heavy (non-hydrogen) atoms. The second-order valence-corrected chi connectivity index (χ2v) is 7.23. The molecule has 0 heterocycles. The summed E-state index contributed by atoms with van der Waals surface area (Å²) in [5, 5.41) is 0. The van der Waals surface area contributed by atoms with Gasteiger partial charge in [-0.1, -0.05) is 0 Å². The Morgan fingerprint density at radius 3 is 0.941 bits per heavy atom. The quantitative estimate of drug-likeness (QED) is 0.256. The van der Waals surface area contributed by atoms with Crippen molar-refractivity contribution >= 4 is 7.82 Å². The van der Waals surface area contributed by atoms with E-state index in [1.54, 1.807) is 0 Å². The Labute approximate surface area is 171 Å². The first kappa shape index (κ1) is 32.8. The third-order valence-corrected chi connectivity index (χ3v) is 4.06. The summed E-state index contributed by atoms with van der Waals surface area (Å²) in [6, 6.07) is 0. The average molecular weight is 580 g/mol. The molecule has 0 aliphatic rings. The number of halogens is 19. The van der Waals surface area contributed by atoms with E-state index in [0.717, 1.165) is 0 Å². The van der Waals surface area contributed by atoms with E-state index < -0.39 is 68.0 Å². The van der Waals surface area contributed by atoms with Crippen LogP contribution in [0.4, 0.5) is 83.4 Å². The Morgan fingerprint density at radius 2 is 0.706 bits per heavy atom. The first-order valence-corrected chi connectivity index (χ1v) is 8.53. The van der Waals surface area contributed by atoms with E-state index in [1.165, 1.54) is 0 Å². The lowest BCUT2D eigenvalue weighted by Crippen LogP contribution is -2.76. The summed E-state index contributed by atoms with van der Waals surface area (Å²) in [5.74, 6) is -68.3. The van der Waals surface area contributed by atoms with Crippen molar-refractivity contribution in [2.45, 2.75) is 53.6 Å². The number of alkyl halides is 19. The predicted octanol–water partition coefficient (Wildman–Crippen LogP) is 5.74. The molecule has 206 valence electrons. The highest BCUT2D eigenvalue weighted by atomic mass is 31.2. The highest BCUT2D eigenvalue weighted by molar-refractivity contribution is 7.46. The van der Waals surface area contributed by atoms with Crippen molar-refractivity contribution in [3.63, 3.8) is 0 Å². The van der Waals surface area contributed by atoms with Crippen LogP contribution in [0, 0.1) is 0 Å². The van der Waals surface area contributed by atoms with Gasteiger partial charge >= 0.3 is 61.4 Å². The van der Waals surface area contributed by atoms with Crippen LogP contribution in [0.25, 0.3) is 0 Å². The summed E-state index contributed by atoms with van der Waals surface area (Å²) in [7, 11) is -6.34. The minimum atomic E-state index is -9.06. The molecular weight excluding hydrogens is 576 g/mol. The molecule has 0 aromatic rings. The van der Waals surface area contributed by atoms with Gasteiger partial charge in [0.1, 0.15) is 6.61 Å². The van der Waals surface area contributed by atoms with Crippen LogP contribution in [0.5, 0.6) is 0 Å². The van der Waals surface area contributed by atoms with E-state index in [0.29, 0.717) is 0 Å². The van der Waals surface area contributed by atoms with E-state index in [-0.39, 0.29) is 0 Å². The molecule has 0 amide bonds. The van der Waals surface area contributed by atoms with Gasteiger partial charge in [-0.2, -0.15) is 83.4 Å². The maximum atomic E-state index is 13.3. The van der Waals surface area contributed by atoms with Gasteiger partial charge in [0, 0.05) is 0 Å². The zero-order valence-corrected chi connectivity index (χ0v) is 15.4. The van der Waals surface area contributed by atoms with E-state index in [1.807, 2.05) is 0 Å². The van der Waals surface area contributed by atoms with Crippen LogP contribution in [-0.4, -0.2) is 70.0 Å². The Morgan fingerprint density at radius 1 is 0.471 bits per heavy atom. The molecule has 0 aromatic heterocycles. The Hall–Kier alpha value is -1.22. The first-order chi connectivity index (χ1) is 14.2. The van der Waals surface area contributed by atoms with Crippen LogP contribution in [0.1, 0.15) is 0 Å². The minimum absolute atomic E-state index is 2.56. The minimum Gasteiger partial charge on any atom is -0.303 e. The molecule has 0 aliphatic carbocycles. The molecule has 0 bridgehead atoms. The Bertz CT molecular complexity index is 795. The lowest BCUT2D eigenvalue weighted by molar-refractivity contribution is -0.469. The maximum Gasteiger partial charge on any atom is 0.469 e. The number of phosphoric acid groups is 1. The standard InChI is InChI=1S/C10H4F19O4P/c11-2(12,1-33-34(30,31)32)3(13,14)4(15,16)5(17,18)6(19,20)7(21,22)8(23,24)9(25,26)10(27,28)29/h1H2,(H2,30,31,32). The summed E-state index contributed by atoms with van der Waals surface area (Å²) >= 11 is 0. The largest absolute Gasteiger partial charge is 0.469 e. The topological polar surface area (TPSA) is 66.8 Å². The van der Waals surface area contributed by atoms with E-state index >= 15 is 0 Å². The van der Waals surface area contributed by atoms with Gasteiger partial charge in [0.2, 0.25) is 0 Å². The zero-order chi connectivity index (χ0) is 28.4. The van der Waals surface area contributed by atoms with Crippen molar-refractivity contribution in [2.75, 3.05) is 6.61 Å². The van der Waals surface area contributed by atoms with Crippen LogP contribution in [0.15, 0.2) is 0 Å².